The van der Waals surface area contributed by atoms with Crippen LogP contribution in [-0.2, 0) is 4.79 Å². The molecule has 0 radical (unpaired) electrons. The van der Waals surface area contributed by atoms with Crippen molar-refractivity contribution in [2.45, 2.75) is 25.2 Å². The summed E-state index contributed by atoms with van der Waals surface area (Å²) < 4.78 is 0. The predicted molar refractivity (Wildman–Crippen MR) is 82.7 cm³/mol. The van der Waals surface area contributed by atoms with Crippen molar-refractivity contribution < 1.29 is 4.79 Å². The van der Waals surface area contributed by atoms with Crippen LogP contribution in [0, 0.1) is 0 Å². The van der Waals surface area contributed by atoms with Crippen LogP contribution in [0.2, 0.25) is 5.15 Å². The van der Waals surface area contributed by atoms with Gasteiger partial charge in [-0.15, -0.1) is 0 Å². The van der Waals surface area contributed by atoms with Crippen LogP contribution in [0.25, 0.3) is 10.8 Å². The van der Waals surface area contributed by atoms with E-state index in [2.05, 4.69) is 22.0 Å². The zero-order valence-electron chi connectivity index (χ0n) is 11.7. The lowest BCUT2D eigenvalue weighted by atomic mass is 9.91. The van der Waals surface area contributed by atoms with E-state index in [1.165, 1.54) is 0 Å². The number of benzene rings is 1. The SMILES string of the molecule is CN(C)c1ccc(C2CCCC2=O)c2cc(Cl)ncc12. The highest BCUT2D eigenvalue weighted by Crippen LogP contribution is 2.38. The van der Waals surface area contributed by atoms with E-state index >= 15 is 0 Å². The molecule has 0 bridgehead atoms. The van der Waals surface area contributed by atoms with Crippen LogP contribution >= 0.6 is 11.6 Å². The molecule has 1 atom stereocenters. The van der Waals surface area contributed by atoms with E-state index in [1.54, 1.807) is 6.20 Å². The van der Waals surface area contributed by atoms with Gasteiger partial charge in [0, 0.05) is 43.7 Å². The summed E-state index contributed by atoms with van der Waals surface area (Å²) in [6.45, 7) is 0. The van der Waals surface area contributed by atoms with Crippen molar-refractivity contribution in [3.63, 3.8) is 0 Å². The maximum Gasteiger partial charge on any atom is 0.140 e. The highest BCUT2D eigenvalue weighted by atomic mass is 35.5. The molecule has 0 saturated heterocycles. The Morgan fingerprint density at radius 3 is 2.75 bits per heavy atom. The third-order valence-corrected chi connectivity index (χ3v) is 4.25. The number of rotatable bonds is 2. The minimum Gasteiger partial charge on any atom is -0.377 e. The standard InChI is InChI=1S/C16H17ClN2O/c1-19(2)14-7-6-10(11-4-3-5-15(11)20)12-8-16(17)18-9-13(12)14/h6-9,11H,3-5H2,1-2H3. The Labute approximate surface area is 123 Å². The number of carbonyl (C=O) groups is 1. The molecule has 104 valence electrons. The van der Waals surface area contributed by atoms with Gasteiger partial charge in [-0.2, -0.15) is 0 Å². The first kappa shape index (κ1) is 13.4. The minimum absolute atomic E-state index is 0.0205. The monoisotopic (exact) mass is 288 g/mol. The Balaban J connectivity index is 2.25. The van der Waals surface area contributed by atoms with Gasteiger partial charge in [-0.3, -0.25) is 4.79 Å². The first-order valence-corrected chi connectivity index (χ1v) is 7.24. The van der Waals surface area contributed by atoms with Crippen molar-refractivity contribution >= 4 is 33.8 Å². The quantitative estimate of drug-likeness (QED) is 0.788. The number of hydrogen-bond donors (Lipinski definition) is 0. The molecular weight excluding hydrogens is 272 g/mol. The number of aromatic nitrogens is 1. The number of pyridine rings is 1. The lowest BCUT2D eigenvalue weighted by Crippen LogP contribution is -2.11. The van der Waals surface area contributed by atoms with Crippen molar-refractivity contribution in [1.29, 1.82) is 0 Å². The van der Waals surface area contributed by atoms with Crippen LogP contribution in [0.3, 0.4) is 0 Å². The predicted octanol–water partition coefficient (Wildman–Crippen LogP) is 3.79. The van der Waals surface area contributed by atoms with Gasteiger partial charge in [-0.1, -0.05) is 17.7 Å². The number of ketones is 1. The zero-order valence-corrected chi connectivity index (χ0v) is 12.4. The second-order valence-electron chi connectivity index (χ2n) is 5.53. The van der Waals surface area contributed by atoms with E-state index in [0.29, 0.717) is 17.4 Å². The molecule has 3 nitrogen and oxygen atoms in total. The number of fused-ring (bicyclic) bond motifs is 1. The maximum atomic E-state index is 12.1. The Morgan fingerprint density at radius 2 is 2.10 bits per heavy atom. The molecular formula is C16H17ClN2O. The number of nitrogens with zero attached hydrogens (tertiary/aromatic N) is 2. The number of hydrogen-bond acceptors (Lipinski definition) is 3. The van der Waals surface area contributed by atoms with E-state index in [4.69, 9.17) is 11.6 Å². The molecule has 4 heteroatoms. The van der Waals surface area contributed by atoms with Crippen LogP contribution in [-0.4, -0.2) is 24.9 Å². The van der Waals surface area contributed by atoms with Crippen LogP contribution in [0.15, 0.2) is 24.4 Å². The summed E-state index contributed by atoms with van der Waals surface area (Å²) in [6, 6.07) is 6.02. The van der Waals surface area contributed by atoms with E-state index in [1.807, 2.05) is 20.2 Å². The normalized spacial score (nSPS) is 18.8. The van der Waals surface area contributed by atoms with E-state index in [0.717, 1.165) is 34.9 Å². The molecule has 2 aromatic rings. The number of anilines is 1. The zero-order chi connectivity index (χ0) is 14.3. The summed E-state index contributed by atoms with van der Waals surface area (Å²) in [7, 11) is 4.01. The molecule has 0 spiro atoms. The molecule has 1 aromatic carbocycles. The van der Waals surface area contributed by atoms with Crippen molar-refractivity contribution in [3.8, 4) is 0 Å². The van der Waals surface area contributed by atoms with Gasteiger partial charge < -0.3 is 4.90 Å². The number of carbonyl (C=O) groups excluding carboxylic acids is 1. The van der Waals surface area contributed by atoms with Gasteiger partial charge in [-0.05, 0) is 35.9 Å². The topological polar surface area (TPSA) is 33.2 Å². The molecule has 20 heavy (non-hydrogen) atoms. The van der Waals surface area contributed by atoms with Crippen LogP contribution < -0.4 is 4.90 Å². The number of halogens is 1. The van der Waals surface area contributed by atoms with Crippen LogP contribution in [0.5, 0.6) is 0 Å². The molecule has 1 aromatic heterocycles. The molecule has 0 amide bonds. The van der Waals surface area contributed by atoms with Gasteiger partial charge in [0.25, 0.3) is 0 Å². The molecule has 0 N–H and O–H groups in total. The highest BCUT2D eigenvalue weighted by molar-refractivity contribution is 6.30. The van der Waals surface area contributed by atoms with Gasteiger partial charge in [0.15, 0.2) is 0 Å². The second-order valence-corrected chi connectivity index (χ2v) is 5.92. The molecule has 1 fully saturated rings. The van der Waals surface area contributed by atoms with Gasteiger partial charge in [0.1, 0.15) is 10.9 Å². The van der Waals surface area contributed by atoms with E-state index in [9.17, 15) is 4.79 Å². The molecule has 1 aliphatic rings. The van der Waals surface area contributed by atoms with Crippen molar-refractivity contribution in [2.75, 3.05) is 19.0 Å². The minimum atomic E-state index is 0.0205. The summed E-state index contributed by atoms with van der Waals surface area (Å²) in [5.74, 6) is 0.365. The largest absolute Gasteiger partial charge is 0.377 e. The maximum absolute atomic E-state index is 12.1. The molecule has 1 heterocycles. The summed E-state index contributed by atoms with van der Waals surface area (Å²) >= 11 is 6.06. The fourth-order valence-electron chi connectivity index (χ4n) is 3.06. The Hall–Kier alpha value is -1.61. The molecule has 0 aliphatic heterocycles. The molecule has 1 unspecified atom stereocenters. The Bertz CT molecular complexity index is 681. The molecule has 1 saturated carbocycles. The summed E-state index contributed by atoms with van der Waals surface area (Å²) in [5.41, 5.74) is 2.19. The van der Waals surface area contributed by atoms with Crippen molar-refractivity contribution in [3.05, 3.63) is 35.1 Å². The fourth-order valence-corrected chi connectivity index (χ4v) is 3.22. The molecule has 3 rings (SSSR count). The average molecular weight is 289 g/mol. The summed E-state index contributed by atoms with van der Waals surface area (Å²) in [6.07, 6.45) is 4.42. The Morgan fingerprint density at radius 1 is 1.30 bits per heavy atom. The van der Waals surface area contributed by atoms with Crippen molar-refractivity contribution in [2.24, 2.45) is 0 Å². The third kappa shape index (κ3) is 2.16. The summed E-state index contributed by atoms with van der Waals surface area (Å²) in [4.78, 5) is 18.3. The van der Waals surface area contributed by atoms with E-state index < -0.39 is 0 Å². The smallest absolute Gasteiger partial charge is 0.140 e. The first-order valence-electron chi connectivity index (χ1n) is 6.86. The lowest BCUT2D eigenvalue weighted by Gasteiger charge is -2.19. The van der Waals surface area contributed by atoms with E-state index in [-0.39, 0.29) is 5.92 Å². The van der Waals surface area contributed by atoms with Gasteiger partial charge in [0.2, 0.25) is 0 Å². The summed E-state index contributed by atoms with van der Waals surface area (Å²) in [5, 5.41) is 2.58. The second kappa shape index (κ2) is 5.06. The Kier molecular flexibility index (Phi) is 3.38. The molecule has 1 aliphatic carbocycles. The highest BCUT2D eigenvalue weighted by Gasteiger charge is 2.27. The lowest BCUT2D eigenvalue weighted by molar-refractivity contribution is -0.118. The first-order chi connectivity index (χ1) is 9.58. The average Bonchev–Trinajstić information content (AvgIpc) is 2.83. The van der Waals surface area contributed by atoms with Crippen LogP contribution in [0.1, 0.15) is 30.7 Å². The van der Waals surface area contributed by atoms with Crippen LogP contribution in [0.4, 0.5) is 5.69 Å². The third-order valence-electron chi connectivity index (χ3n) is 4.04. The van der Waals surface area contributed by atoms with Crippen molar-refractivity contribution in [1.82, 2.24) is 4.98 Å². The van der Waals surface area contributed by atoms with Gasteiger partial charge >= 0.3 is 0 Å². The van der Waals surface area contributed by atoms with Gasteiger partial charge in [-0.25, -0.2) is 4.98 Å². The van der Waals surface area contributed by atoms with Gasteiger partial charge in [0.05, 0.1) is 0 Å². The number of Topliss-reactive ketones (excluding diaryl/α,β-unsaturated/α-hetero) is 1. The fraction of sp³-hybridized carbons (Fsp3) is 0.375.